The lowest BCUT2D eigenvalue weighted by molar-refractivity contribution is -0.111. The van der Waals surface area contributed by atoms with E-state index in [0.717, 1.165) is 33.2 Å². The number of anilines is 1. The lowest BCUT2D eigenvalue weighted by atomic mass is 9.99. The molecule has 0 saturated heterocycles. The minimum absolute atomic E-state index is 0.243. The van der Waals surface area contributed by atoms with Crippen LogP contribution in [0.3, 0.4) is 0 Å². The summed E-state index contributed by atoms with van der Waals surface area (Å²) in [6.45, 7) is 1.88. The number of ether oxygens (including phenoxy) is 1. The number of hydrogen-bond acceptors (Lipinski definition) is 3. The molecule has 150 valence electrons. The van der Waals surface area contributed by atoms with Crippen LogP contribution in [0, 0.1) is 0 Å². The van der Waals surface area contributed by atoms with E-state index in [0.29, 0.717) is 16.5 Å². The van der Waals surface area contributed by atoms with Gasteiger partial charge in [-0.05, 0) is 42.3 Å². The van der Waals surface area contributed by atoms with E-state index in [1.54, 1.807) is 43.7 Å². The molecule has 5 heteroatoms. The second kappa shape index (κ2) is 8.47. The SMILES string of the molecule is COc1cc2occ(-c3ccccc3)c2cc1/C(C)=C/C(=O)Nc1cccc(Cl)c1. The summed E-state index contributed by atoms with van der Waals surface area (Å²) >= 11 is 5.99. The molecule has 30 heavy (non-hydrogen) atoms. The summed E-state index contributed by atoms with van der Waals surface area (Å²) in [5.74, 6) is 0.396. The Hall–Kier alpha value is -3.50. The van der Waals surface area contributed by atoms with Crippen LogP contribution in [-0.2, 0) is 4.79 Å². The monoisotopic (exact) mass is 417 g/mol. The molecule has 0 bridgehead atoms. The Morgan fingerprint density at radius 3 is 2.60 bits per heavy atom. The summed E-state index contributed by atoms with van der Waals surface area (Å²) in [4.78, 5) is 12.5. The van der Waals surface area contributed by atoms with Gasteiger partial charge < -0.3 is 14.5 Å². The highest BCUT2D eigenvalue weighted by molar-refractivity contribution is 6.31. The highest BCUT2D eigenvalue weighted by Gasteiger charge is 2.15. The minimum Gasteiger partial charge on any atom is -0.496 e. The molecule has 4 aromatic rings. The molecule has 0 saturated carbocycles. The Kier molecular flexibility index (Phi) is 5.59. The average Bonchev–Trinajstić information content (AvgIpc) is 3.16. The van der Waals surface area contributed by atoms with Crippen molar-refractivity contribution in [1.82, 2.24) is 0 Å². The molecule has 0 fully saturated rings. The van der Waals surface area contributed by atoms with Crippen molar-refractivity contribution in [3.63, 3.8) is 0 Å². The molecule has 1 N–H and O–H groups in total. The first-order chi connectivity index (χ1) is 14.5. The van der Waals surface area contributed by atoms with Gasteiger partial charge in [-0.3, -0.25) is 4.79 Å². The predicted molar refractivity (Wildman–Crippen MR) is 122 cm³/mol. The van der Waals surface area contributed by atoms with Crippen LogP contribution < -0.4 is 10.1 Å². The Balaban J connectivity index is 1.71. The molecule has 4 nitrogen and oxygen atoms in total. The van der Waals surface area contributed by atoms with Crippen LogP contribution in [0.1, 0.15) is 12.5 Å². The zero-order valence-electron chi connectivity index (χ0n) is 16.6. The fourth-order valence-electron chi connectivity index (χ4n) is 3.39. The van der Waals surface area contributed by atoms with Crippen LogP contribution in [0.25, 0.3) is 27.7 Å². The molecule has 1 aromatic heterocycles. The number of allylic oxidation sites excluding steroid dienone is 1. The number of hydrogen-bond donors (Lipinski definition) is 1. The smallest absolute Gasteiger partial charge is 0.248 e. The highest BCUT2D eigenvalue weighted by Crippen LogP contribution is 2.37. The van der Waals surface area contributed by atoms with Crippen LogP contribution in [0.5, 0.6) is 5.75 Å². The van der Waals surface area contributed by atoms with E-state index < -0.39 is 0 Å². The van der Waals surface area contributed by atoms with Gasteiger partial charge in [0.15, 0.2) is 0 Å². The van der Waals surface area contributed by atoms with Crippen molar-refractivity contribution in [2.75, 3.05) is 12.4 Å². The van der Waals surface area contributed by atoms with Crippen molar-refractivity contribution in [1.29, 1.82) is 0 Å². The third-order valence-electron chi connectivity index (χ3n) is 4.84. The van der Waals surface area contributed by atoms with Crippen LogP contribution in [-0.4, -0.2) is 13.0 Å². The first kappa shape index (κ1) is 19.8. The van der Waals surface area contributed by atoms with Gasteiger partial charge in [0.1, 0.15) is 11.3 Å². The van der Waals surface area contributed by atoms with Gasteiger partial charge in [0.05, 0.1) is 13.4 Å². The number of halogens is 1. The molecule has 0 spiro atoms. The minimum atomic E-state index is -0.243. The fraction of sp³-hybridized carbons (Fsp3) is 0.0800. The molecule has 1 heterocycles. The number of rotatable bonds is 5. The standard InChI is InChI=1S/C25H20ClNO3/c1-16(11-25(28)27-19-10-6-9-18(26)12-19)20-13-21-22(17-7-4-3-5-8-17)15-30-24(21)14-23(20)29-2/h3-15H,1-2H3,(H,27,28)/b16-11+. The lowest BCUT2D eigenvalue weighted by Crippen LogP contribution is -2.08. The third-order valence-corrected chi connectivity index (χ3v) is 5.08. The van der Waals surface area contributed by atoms with Crippen molar-refractivity contribution < 1.29 is 13.9 Å². The maximum Gasteiger partial charge on any atom is 0.248 e. The Bertz CT molecular complexity index is 1240. The zero-order valence-corrected chi connectivity index (χ0v) is 17.4. The second-order valence-corrected chi connectivity index (χ2v) is 7.33. The second-order valence-electron chi connectivity index (χ2n) is 6.89. The van der Waals surface area contributed by atoms with Crippen LogP contribution in [0.4, 0.5) is 5.69 Å². The zero-order chi connectivity index (χ0) is 21.1. The van der Waals surface area contributed by atoms with Gasteiger partial charge in [-0.2, -0.15) is 0 Å². The number of carbonyl (C=O) groups excluding carboxylic acids is 1. The Morgan fingerprint density at radius 1 is 1.07 bits per heavy atom. The highest BCUT2D eigenvalue weighted by atomic mass is 35.5. The molecule has 0 unspecified atom stereocenters. The molecular weight excluding hydrogens is 398 g/mol. The van der Waals surface area contributed by atoms with Gasteiger partial charge in [0.25, 0.3) is 0 Å². The normalized spacial score (nSPS) is 11.5. The van der Waals surface area contributed by atoms with Crippen molar-refractivity contribution in [3.8, 4) is 16.9 Å². The van der Waals surface area contributed by atoms with E-state index in [2.05, 4.69) is 5.32 Å². The maximum atomic E-state index is 12.5. The first-order valence-corrected chi connectivity index (χ1v) is 9.83. The van der Waals surface area contributed by atoms with Crippen LogP contribution in [0.2, 0.25) is 5.02 Å². The fourth-order valence-corrected chi connectivity index (χ4v) is 3.58. The van der Waals surface area contributed by atoms with Gasteiger partial charge in [-0.1, -0.05) is 48.0 Å². The molecule has 4 rings (SSSR count). The van der Waals surface area contributed by atoms with E-state index in [9.17, 15) is 4.79 Å². The summed E-state index contributed by atoms with van der Waals surface area (Å²) in [6.07, 6.45) is 3.29. The molecule has 3 aromatic carbocycles. The summed E-state index contributed by atoms with van der Waals surface area (Å²) in [5, 5.41) is 4.35. The maximum absolute atomic E-state index is 12.5. The van der Waals surface area contributed by atoms with E-state index in [4.69, 9.17) is 20.8 Å². The number of fused-ring (bicyclic) bond motifs is 1. The molecule has 0 aliphatic heterocycles. The number of methoxy groups -OCH3 is 1. The number of carbonyl (C=O) groups is 1. The largest absolute Gasteiger partial charge is 0.496 e. The van der Waals surface area contributed by atoms with Gasteiger partial charge in [-0.25, -0.2) is 0 Å². The summed E-state index contributed by atoms with van der Waals surface area (Å²) in [6, 6.07) is 20.9. The number of amides is 1. The number of furan rings is 1. The number of nitrogens with one attached hydrogen (secondary N) is 1. The van der Waals surface area contributed by atoms with E-state index in [1.807, 2.05) is 49.4 Å². The van der Waals surface area contributed by atoms with Gasteiger partial charge in [0, 0.05) is 39.4 Å². The van der Waals surface area contributed by atoms with Gasteiger partial charge >= 0.3 is 0 Å². The van der Waals surface area contributed by atoms with E-state index in [1.165, 1.54) is 0 Å². The molecule has 0 radical (unpaired) electrons. The van der Waals surface area contributed by atoms with Crippen molar-refractivity contribution in [2.24, 2.45) is 0 Å². The number of benzene rings is 3. The van der Waals surface area contributed by atoms with Crippen LogP contribution in [0.15, 0.2) is 83.5 Å². The molecular formula is C25H20ClNO3. The first-order valence-electron chi connectivity index (χ1n) is 9.45. The van der Waals surface area contributed by atoms with Crippen molar-refractivity contribution in [3.05, 3.63) is 89.7 Å². The van der Waals surface area contributed by atoms with E-state index in [-0.39, 0.29) is 5.91 Å². The topological polar surface area (TPSA) is 51.5 Å². The lowest BCUT2D eigenvalue weighted by Gasteiger charge is -2.10. The average molecular weight is 418 g/mol. The summed E-state index contributed by atoms with van der Waals surface area (Å²) < 4.78 is 11.3. The quantitative estimate of drug-likeness (QED) is 0.363. The summed E-state index contributed by atoms with van der Waals surface area (Å²) in [5.41, 5.74) is 5.02. The Morgan fingerprint density at radius 2 is 1.87 bits per heavy atom. The van der Waals surface area contributed by atoms with Crippen LogP contribution >= 0.6 is 11.6 Å². The van der Waals surface area contributed by atoms with E-state index >= 15 is 0 Å². The van der Waals surface area contributed by atoms with Crippen molar-refractivity contribution >= 4 is 39.7 Å². The van der Waals surface area contributed by atoms with Gasteiger partial charge in [0.2, 0.25) is 5.91 Å². The third kappa shape index (κ3) is 4.09. The summed E-state index contributed by atoms with van der Waals surface area (Å²) in [7, 11) is 1.60. The molecule has 0 atom stereocenters. The van der Waals surface area contributed by atoms with Crippen molar-refractivity contribution in [2.45, 2.75) is 6.92 Å². The molecule has 1 amide bonds. The predicted octanol–water partition coefficient (Wildman–Crippen LogP) is 6.80. The molecule has 0 aliphatic rings. The van der Waals surface area contributed by atoms with Gasteiger partial charge in [-0.15, -0.1) is 0 Å². The Labute approximate surface area is 179 Å². The molecule has 0 aliphatic carbocycles.